The van der Waals surface area contributed by atoms with Gasteiger partial charge >= 0.3 is 5.97 Å². The quantitative estimate of drug-likeness (QED) is 0.901. The van der Waals surface area contributed by atoms with Gasteiger partial charge < -0.3 is 5.11 Å². The van der Waals surface area contributed by atoms with Gasteiger partial charge in [0.2, 0.25) is 0 Å². The summed E-state index contributed by atoms with van der Waals surface area (Å²) in [5, 5.41) is 13.6. The van der Waals surface area contributed by atoms with Crippen molar-refractivity contribution in [2.75, 3.05) is 0 Å². The summed E-state index contributed by atoms with van der Waals surface area (Å²) < 4.78 is 1.55. The molecule has 1 heterocycles. The fourth-order valence-corrected chi connectivity index (χ4v) is 2.22. The third-order valence-electron chi connectivity index (χ3n) is 3.23. The smallest absolute Gasteiger partial charge is 0.354 e. The predicted molar refractivity (Wildman–Crippen MR) is 79.0 cm³/mol. The number of hydrogen-bond donors (Lipinski definition) is 1. The summed E-state index contributed by atoms with van der Waals surface area (Å²) in [6, 6.07) is 9.82. The normalized spacial score (nSPS) is 11.0. The summed E-state index contributed by atoms with van der Waals surface area (Å²) in [7, 11) is 0. The van der Waals surface area contributed by atoms with Gasteiger partial charge in [0.05, 0.1) is 5.69 Å². The average molecular weight is 272 g/mol. The van der Waals surface area contributed by atoms with E-state index in [0.717, 1.165) is 18.4 Å². The van der Waals surface area contributed by atoms with E-state index >= 15 is 0 Å². The lowest BCUT2D eigenvalue weighted by Gasteiger charge is -2.07. The van der Waals surface area contributed by atoms with Crippen LogP contribution in [-0.4, -0.2) is 20.9 Å². The van der Waals surface area contributed by atoms with Crippen LogP contribution in [0.2, 0.25) is 0 Å². The van der Waals surface area contributed by atoms with Gasteiger partial charge in [-0.1, -0.05) is 37.6 Å². The molecule has 0 aliphatic rings. The number of benzene rings is 1. The molecule has 20 heavy (non-hydrogen) atoms. The minimum Gasteiger partial charge on any atom is -0.477 e. The molecule has 1 N–H and O–H groups in total. The molecule has 0 bridgehead atoms. The number of carboxylic acid groups (broad SMARTS) is 1. The molecule has 1 aromatic heterocycles. The van der Waals surface area contributed by atoms with Gasteiger partial charge in [-0.25, -0.2) is 4.79 Å². The second kappa shape index (κ2) is 5.90. The molecule has 0 saturated carbocycles. The molecular formula is C16H20N2O2. The highest BCUT2D eigenvalue weighted by Gasteiger charge is 2.16. The molecule has 0 atom stereocenters. The first-order valence-electron chi connectivity index (χ1n) is 6.95. The van der Waals surface area contributed by atoms with Crippen LogP contribution in [0.5, 0.6) is 0 Å². The molecule has 1 aromatic carbocycles. The van der Waals surface area contributed by atoms with Crippen LogP contribution in [0.3, 0.4) is 0 Å². The number of rotatable bonds is 5. The van der Waals surface area contributed by atoms with Crippen LogP contribution in [0.25, 0.3) is 11.3 Å². The van der Waals surface area contributed by atoms with E-state index in [0.29, 0.717) is 5.69 Å². The molecule has 2 rings (SSSR count). The number of aromatic carboxylic acids is 1. The highest BCUT2D eigenvalue weighted by molar-refractivity contribution is 5.87. The van der Waals surface area contributed by atoms with Crippen molar-refractivity contribution in [1.82, 2.24) is 9.78 Å². The molecule has 4 heteroatoms. The molecule has 106 valence electrons. The Balaban J connectivity index is 2.37. The molecule has 0 saturated heterocycles. The van der Waals surface area contributed by atoms with Crippen molar-refractivity contribution in [2.24, 2.45) is 0 Å². The number of aryl methyl sites for hydroxylation is 1. The number of nitrogens with zero attached hydrogens (tertiary/aromatic N) is 2. The zero-order valence-corrected chi connectivity index (χ0v) is 12.1. The van der Waals surface area contributed by atoms with E-state index in [2.05, 4.69) is 24.2 Å². The van der Waals surface area contributed by atoms with Crippen LogP contribution in [0, 0.1) is 0 Å². The Morgan fingerprint density at radius 3 is 2.40 bits per heavy atom. The summed E-state index contributed by atoms with van der Waals surface area (Å²) in [5.41, 5.74) is 3.18. The Bertz CT molecular complexity index is 597. The van der Waals surface area contributed by atoms with E-state index in [1.807, 2.05) is 26.0 Å². The monoisotopic (exact) mass is 272 g/mol. The van der Waals surface area contributed by atoms with Gasteiger partial charge in [0, 0.05) is 11.6 Å². The van der Waals surface area contributed by atoms with Crippen molar-refractivity contribution >= 4 is 5.97 Å². The van der Waals surface area contributed by atoms with Gasteiger partial charge in [0.15, 0.2) is 0 Å². The summed E-state index contributed by atoms with van der Waals surface area (Å²) >= 11 is 0. The minimum absolute atomic E-state index is 0.0224. The Labute approximate surface area is 119 Å². The topological polar surface area (TPSA) is 55.1 Å². The number of aromatic nitrogens is 2. The molecule has 0 spiro atoms. The van der Waals surface area contributed by atoms with Crippen LogP contribution in [-0.2, 0) is 6.42 Å². The van der Waals surface area contributed by atoms with Crippen LogP contribution >= 0.6 is 0 Å². The lowest BCUT2D eigenvalue weighted by atomic mass is 10.1. The molecule has 0 aliphatic carbocycles. The van der Waals surface area contributed by atoms with Crippen LogP contribution in [0.15, 0.2) is 30.3 Å². The van der Waals surface area contributed by atoms with E-state index in [1.54, 1.807) is 10.7 Å². The van der Waals surface area contributed by atoms with Crippen LogP contribution in [0.1, 0.15) is 49.3 Å². The Morgan fingerprint density at radius 1 is 1.30 bits per heavy atom. The van der Waals surface area contributed by atoms with E-state index < -0.39 is 5.97 Å². The predicted octanol–water partition coefficient (Wildman–Crippen LogP) is 3.78. The van der Waals surface area contributed by atoms with Gasteiger partial charge in [-0.15, -0.1) is 0 Å². The summed E-state index contributed by atoms with van der Waals surface area (Å²) in [6.07, 6.45) is 2.17. The van der Waals surface area contributed by atoms with Gasteiger partial charge in [-0.05, 0) is 31.9 Å². The lowest BCUT2D eigenvalue weighted by molar-refractivity contribution is 0.0681. The van der Waals surface area contributed by atoms with Crippen molar-refractivity contribution < 1.29 is 9.90 Å². The molecule has 4 nitrogen and oxygen atoms in total. The number of hydrogen-bond acceptors (Lipinski definition) is 2. The van der Waals surface area contributed by atoms with Crippen molar-refractivity contribution in [3.8, 4) is 11.3 Å². The third kappa shape index (κ3) is 2.90. The second-order valence-electron chi connectivity index (χ2n) is 5.21. The van der Waals surface area contributed by atoms with Crippen LogP contribution < -0.4 is 0 Å². The van der Waals surface area contributed by atoms with Gasteiger partial charge in [0.25, 0.3) is 0 Å². The van der Waals surface area contributed by atoms with E-state index in [9.17, 15) is 9.90 Å². The maximum atomic E-state index is 11.2. The van der Waals surface area contributed by atoms with Crippen LogP contribution in [0.4, 0.5) is 0 Å². The second-order valence-corrected chi connectivity index (χ2v) is 5.21. The van der Waals surface area contributed by atoms with Crippen molar-refractivity contribution in [1.29, 1.82) is 0 Å². The highest BCUT2D eigenvalue weighted by atomic mass is 16.4. The molecular weight excluding hydrogens is 252 g/mol. The Morgan fingerprint density at radius 2 is 1.95 bits per heavy atom. The maximum Gasteiger partial charge on any atom is 0.354 e. The van der Waals surface area contributed by atoms with E-state index in [-0.39, 0.29) is 11.7 Å². The number of carboxylic acids is 1. The van der Waals surface area contributed by atoms with E-state index in [1.165, 1.54) is 5.56 Å². The lowest BCUT2D eigenvalue weighted by Crippen LogP contribution is -2.11. The Hall–Kier alpha value is -2.10. The van der Waals surface area contributed by atoms with Crippen molar-refractivity contribution in [3.63, 3.8) is 0 Å². The average Bonchev–Trinajstić information content (AvgIpc) is 2.85. The largest absolute Gasteiger partial charge is 0.477 e. The van der Waals surface area contributed by atoms with Crippen molar-refractivity contribution in [2.45, 2.75) is 39.7 Å². The highest BCUT2D eigenvalue weighted by Crippen LogP contribution is 2.22. The molecule has 0 unspecified atom stereocenters. The molecule has 0 aliphatic heterocycles. The van der Waals surface area contributed by atoms with E-state index in [4.69, 9.17) is 0 Å². The molecule has 0 radical (unpaired) electrons. The first-order chi connectivity index (χ1) is 9.52. The molecule has 0 amide bonds. The standard InChI is InChI=1S/C16H20N2O2/c1-4-5-12-6-8-13(9-7-12)14-10-15(16(19)20)18(17-14)11(2)3/h6-11H,4-5H2,1-3H3,(H,19,20). The van der Waals surface area contributed by atoms with Crippen molar-refractivity contribution in [3.05, 3.63) is 41.6 Å². The summed E-state index contributed by atoms with van der Waals surface area (Å²) in [4.78, 5) is 11.2. The first-order valence-corrected chi connectivity index (χ1v) is 6.95. The third-order valence-corrected chi connectivity index (χ3v) is 3.23. The Kier molecular flexibility index (Phi) is 4.23. The SMILES string of the molecule is CCCc1ccc(-c2cc(C(=O)O)n(C(C)C)n2)cc1. The summed E-state index contributed by atoms with van der Waals surface area (Å²) in [6.45, 7) is 6.00. The molecule has 0 fully saturated rings. The first kappa shape index (κ1) is 14.3. The summed E-state index contributed by atoms with van der Waals surface area (Å²) in [5.74, 6) is -0.944. The number of carbonyl (C=O) groups is 1. The fourth-order valence-electron chi connectivity index (χ4n) is 2.22. The minimum atomic E-state index is -0.944. The maximum absolute atomic E-state index is 11.2. The molecule has 2 aromatic rings. The van der Waals surface area contributed by atoms with Gasteiger partial charge in [0.1, 0.15) is 5.69 Å². The zero-order valence-electron chi connectivity index (χ0n) is 12.1. The zero-order chi connectivity index (χ0) is 14.7. The fraction of sp³-hybridized carbons (Fsp3) is 0.375. The van der Waals surface area contributed by atoms with Gasteiger partial charge in [-0.2, -0.15) is 5.10 Å². The van der Waals surface area contributed by atoms with Gasteiger partial charge in [-0.3, -0.25) is 4.68 Å².